The zero-order chi connectivity index (χ0) is 18.6. The summed E-state index contributed by atoms with van der Waals surface area (Å²) < 4.78 is 5.77. The Labute approximate surface area is 151 Å². The second-order valence-corrected chi connectivity index (χ2v) is 7.80. The molecule has 25 heavy (non-hydrogen) atoms. The maximum absolute atomic E-state index is 12.3. The monoisotopic (exact) mass is 339 g/mol. The minimum atomic E-state index is -0.565. The number of nitrogens with one attached hydrogen (secondary N) is 1. The standard InChI is InChI=1S/C22H29NO2/c1-15(2)17-7-11-19(12-8-17)23-21(24)16(3)25-20-13-9-18(10-14-20)22(4,5)6/h7-16H,1-6H3,(H,23,24). The Morgan fingerprint density at radius 1 is 0.920 bits per heavy atom. The van der Waals surface area contributed by atoms with Gasteiger partial charge in [0.25, 0.3) is 5.91 Å². The quantitative estimate of drug-likeness (QED) is 0.779. The van der Waals surface area contributed by atoms with E-state index in [0.29, 0.717) is 11.7 Å². The van der Waals surface area contributed by atoms with E-state index in [1.165, 1.54) is 11.1 Å². The van der Waals surface area contributed by atoms with Crippen molar-refractivity contribution in [2.45, 2.75) is 59.0 Å². The molecule has 0 fully saturated rings. The van der Waals surface area contributed by atoms with Crippen LogP contribution in [0.5, 0.6) is 5.75 Å². The van der Waals surface area contributed by atoms with Crippen molar-refractivity contribution >= 4 is 11.6 Å². The van der Waals surface area contributed by atoms with Crippen molar-refractivity contribution in [3.8, 4) is 5.75 Å². The van der Waals surface area contributed by atoms with Crippen molar-refractivity contribution in [3.05, 3.63) is 59.7 Å². The highest BCUT2D eigenvalue weighted by Crippen LogP contribution is 2.25. The van der Waals surface area contributed by atoms with Crippen molar-refractivity contribution < 1.29 is 9.53 Å². The van der Waals surface area contributed by atoms with Crippen LogP contribution in [0.15, 0.2) is 48.5 Å². The van der Waals surface area contributed by atoms with Crippen LogP contribution < -0.4 is 10.1 Å². The van der Waals surface area contributed by atoms with Crippen LogP contribution in [0.2, 0.25) is 0 Å². The summed E-state index contributed by atoms with van der Waals surface area (Å²) in [6.45, 7) is 12.6. The van der Waals surface area contributed by atoms with E-state index in [1.54, 1.807) is 6.92 Å². The first-order chi connectivity index (χ1) is 11.7. The van der Waals surface area contributed by atoms with Crippen LogP contribution in [0.1, 0.15) is 58.6 Å². The summed E-state index contributed by atoms with van der Waals surface area (Å²) in [5, 5.41) is 2.90. The van der Waals surface area contributed by atoms with Crippen LogP contribution in [-0.2, 0) is 10.2 Å². The molecular weight excluding hydrogens is 310 g/mol. The Bertz CT molecular complexity index is 694. The summed E-state index contributed by atoms with van der Waals surface area (Å²) in [7, 11) is 0. The summed E-state index contributed by atoms with van der Waals surface area (Å²) in [6.07, 6.45) is -0.565. The predicted octanol–water partition coefficient (Wildman–Crippen LogP) is 5.51. The SMILES string of the molecule is CC(Oc1ccc(C(C)(C)C)cc1)C(=O)Nc1ccc(C(C)C)cc1. The summed E-state index contributed by atoms with van der Waals surface area (Å²) in [4.78, 5) is 12.3. The first-order valence-electron chi connectivity index (χ1n) is 8.85. The molecule has 0 aliphatic heterocycles. The van der Waals surface area contributed by atoms with Crippen LogP contribution in [0.25, 0.3) is 0 Å². The molecule has 0 aliphatic rings. The van der Waals surface area contributed by atoms with E-state index in [2.05, 4.69) is 39.9 Å². The highest BCUT2D eigenvalue weighted by molar-refractivity contribution is 5.94. The smallest absolute Gasteiger partial charge is 0.265 e. The lowest BCUT2D eigenvalue weighted by Crippen LogP contribution is -2.30. The van der Waals surface area contributed by atoms with Crippen molar-refractivity contribution in [2.24, 2.45) is 0 Å². The number of ether oxygens (including phenoxy) is 1. The zero-order valence-electron chi connectivity index (χ0n) is 16.1. The number of hydrogen-bond acceptors (Lipinski definition) is 2. The van der Waals surface area contributed by atoms with Crippen LogP contribution in [-0.4, -0.2) is 12.0 Å². The summed E-state index contributed by atoms with van der Waals surface area (Å²) in [5.41, 5.74) is 3.38. The Hall–Kier alpha value is -2.29. The molecule has 0 saturated carbocycles. The van der Waals surface area contributed by atoms with Crippen molar-refractivity contribution in [1.82, 2.24) is 0 Å². The number of hydrogen-bond donors (Lipinski definition) is 1. The van der Waals surface area contributed by atoms with Gasteiger partial charge in [0.2, 0.25) is 0 Å². The molecule has 1 N–H and O–H groups in total. The molecule has 2 aromatic rings. The van der Waals surface area contributed by atoms with Gasteiger partial charge in [-0.1, -0.05) is 58.9 Å². The average molecular weight is 339 g/mol. The molecule has 0 bridgehead atoms. The van der Waals surface area contributed by atoms with E-state index >= 15 is 0 Å². The lowest BCUT2D eigenvalue weighted by molar-refractivity contribution is -0.122. The molecule has 1 unspecified atom stereocenters. The summed E-state index contributed by atoms with van der Waals surface area (Å²) >= 11 is 0. The largest absolute Gasteiger partial charge is 0.481 e. The fourth-order valence-electron chi connectivity index (χ4n) is 2.49. The topological polar surface area (TPSA) is 38.3 Å². The lowest BCUT2D eigenvalue weighted by atomic mass is 9.87. The molecule has 0 spiro atoms. The fourth-order valence-corrected chi connectivity index (χ4v) is 2.49. The first-order valence-corrected chi connectivity index (χ1v) is 8.85. The van der Waals surface area contributed by atoms with Gasteiger partial charge in [-0.25, -0.2) is 0 Å². The maximum Gasteiger partial charge on any atom is 0.265 e. The summed E-state index contributed by atoms with van der Waals surface area (Å²) in [6, 6.07) is 15.9. The van der Waals surface area contributed by atoms with E-state index in [4.69, 9.17) is 4.74 Å². The number of amides is 1. The van der Waals surface area contributed by atoms with Crippen LogP contribution in [0.4, 0.5) is 5.69 Å². The van der Waals surface area contributed by atoms with E-state index in [0.717, 1.165) is 5.69 Å². The third-order valence-corrected chi connectivity index (χ3v) is 4.25. The Balaban J connectivity index is 1.95. The third kappa shape index (κ3) is 5.35. The summed E-state index contributed by atoms with van der Waals surface area (Å²) in [5.74, 6) is 1.02. The van der Waals surface area contributed by atoms with E-state index in [1.807, 2.05) is 48.5 Å². The van der Waals surface area contributed by atoms with Gasteiger partial charge in [-0.3, -0.25) is 4.79 Å². The molecule has 134 valence electrons. The number of anilines is 1. The Kier molecular flexibility index (Phi) is 5.89. The molecule has 0 radical (unpaired) electrons. The van der Waals surface area contributed by atoms with Crippen molar-refractivity contribution in [3.63, 3.8) is 0 Å². The van der Waals surface area contributed by atoms with Gasteiger partial charge in [0.05, 0.1) is 0 Å². The number of carbonyl (C=O) groups excluding carboxylic acids is 1. The minimum absolute atomic E-state index is 0.101. The van der Waals surface area contributed by atoms with E-state index in [9.17, 15) is 4.79 Å². The fraction of sp³-hybridized carbons (Fsp3) is 0.409. The second-order valence-electron chi connectivity index (χ2n) is 7.80. The number of rotatable bonds is 5. The molecule has 2 rings (SSSR count). The Morgan fingerprint density at radius 3 is 1.96 bits per heavy atom. The van der Waals surface area contributed by atoms with Crippen molar-refractivity contribution in [1.29, 1.82) is 0 Å². The highest BCUT2D eigenvalue weighted by atomic mass is 16.5. The predicted molar refractivity (Wildman–Crippen MR) is 104 cm³/mol. The molecular formula is C22H29NO2. The van der Waals surface area contributed by atoms with Crippen LogP contribution >= 0.6 is 0 Å². The van der Waals surface area contributed by atoms with Gasteiger partial charge in [-0.2, -0.15) is 0 Å². The Morgan fingerprint density at radius 2 is 1.48 bits per heavy atom. The number of benzene rings is 2. The average Bonchev–Trinajstić information content (AvgIpc) is 2.55. The second kappa shape index (κ2) is 7.73. The highest BCUT2D eigenvalue weighted by Gasteiger charge is 2.17. The van der Waals surface area contributed by atoms with Gasteiger partial charge in [-0.15, -0.1) is 0 Å². The van der Waals surface area contributed by atoms with E-state index < -0.39 is 6.10 Å². The van der Waals surface area contributed by atoms with Gasteiger partial charge in [-0.05, 0) is 53.6 Å². The normalized spacial score (nSPS) is 12.8. The van der Waals surface area contributed by atoms with Gasteiger partial charge in [0, 0.05) is 5.69 Å². The molecule has 0 aliphatic carbocycles. The van der Waals surface area contributed by atoms with Crippen LogP contribution in [0.3, 0.4) is 0 Å². The van der Waals surface area contributed by atoms with Gasteiger partial charge < -0.3 is 10.1 Å². The lowest BCUT2D eigenvalue weighted by Gasteiger charge is -2.20. The zero-order valence-corrected chi connectivity index (χ0v) is 16.1. The van der Waals surface area contributed by atoms with E-state index in [-0.39, 0.29) is 11.3 Å². The first kappa shape index (κ1) is 19.0. The molecule has 3 heteroatoms. The third-order valence-electron chi connectivity index (χ3n) is 4.25. The molecule has 0 aromatic heterocycles. The van der Waals surface area contributed by atoms with Gasteiger partial charge in [0.15, 0.2) is 6.10 Å². The van der Waals surface area contributed by atoms with Gasteiger partial charge in [0.1, 0.15) is 5.75 Å². The maximum atomic E-state index is 12.3. The molecule has 3 nitrogen and oxygen atoms in total. The molecule has 0 heterocycles. The van der Waals surface area contributed by atoms with Crippen molar-refractivity contribution in [2.75, 3.05) is 5.32 Å². The molecule has 1 amide bonds. The molecule has 0 saturated heterocycles. The van der Waals surface area contributed by atoms with Crippen LogP contribution in [0, 0.1) is 0 Å². The number of carbonyl (C=O) groups is 1. The minimum Gasteiger partial charge on any atom is -0.481 e. The molecule has 1 atom stereocenters. The van der Waals surface area contributed by atoms with Gasteiger partial charge >= 0.3 is 0 Å². The molecule has 2 aromatic carbocycles.